The Morgan fingerprint density at radius 3 is 2.44 bits per heavy atom. The summed E-state index contributed by atoms with van der Waals surface area (Å²) in [6.07, 6.45) is -2.57. The molecule has 0 amide bonds. The van der Waals surface area contributed by atoms with Crippen molar-refractivity contribution in [1.82, 2.24) is 10.2 Å². The number of nitrogens with zero attached hydrogens (tertiary/aromatic N) is 1. The molecule has 3 nitrogen and oxygen atoms in total. The van der Waals surface area contributed by atoms with Gasteiger partial charge in [0, 0.05) is 19.7 Å². The second-order valence-electron chi connectivity index (χ2n) is 4.06. The van der Waals surface area contributed by atoms with Crippen LogP contribution in [0.5, 0.6) is 0 Å². The van der Waals surface area contributed by atoms with Gasteiger partial charge < -0.3 is 10.1 Å². The van der Waals surface area contributed by atoms with Gasteiger partial charge in [-0.15, -0.1) is 0 Å². The smallest absolute Gasteiger partial charge is 0.383 e. The Labute approximate surface area is 93.9 Å². The molecular formula is C10H19F3N2O. The first-order chi connectivity index (χ1) is 7.53. The second kappa shape index (κ2) is 6.42. The summed E-state index contributed by atoms with van der Waals surface area (Å²) in [5, 5.41) is 3.15. The van der Waals surface area contributed by atoms with Crippen molar-refractivity contribution >= 4 is 0 Å². The molecule has 0 aromatic rings. The average molecular weight is 240 g/mol. The first-order valence-corrected chi connectivity index (χ1v) is 5.53. The van der Waals surface area contributed by atoms with Crippen LogP contribution in [0, 0.1) is 0 Å². The lowest BCUT2D eigenvalue weighted by Crippen LogP contribution is -2.48. The van der Waals surface area contributed by atoms with E-state index in [0.717, 1.165) is 25.9 Å². The number of nitrogens with one attached hydrogen (secondary N) is 1. The van der Waals surface area contributed by atoms with E-state index < -0.39 is 12.7 Å². The molecule has 16 heavy (non-hydrogen) atoms. The van der Waals surface area contributed by atoms with Crippen molar-refractivity contribution in [3.05, 3.63) is 0 Å². The van der Waals surface area contributed by atoms with Crippen LogP contribution in [0.4, 0.5) is 13.2 Å². The van der Waals surface area contributed by atoms with Crippen LogP contribution in [-0.2, 0) is 4.74 Å². The predicted octanol–water partition coefficient (Wildman–Crippen LogP) is 1.25. The lowest BCUT2D eigenvalue weighted by Gasteiger charge is -2.34. The lowest BCUT2D eigenvalue weighted by atomic mass is 10.0. The van der Waals surface area contributed by atoms with Crippen molar-refractivity contribution in [2.45, 2.75) is 25.1 Å². The molecule has 0 aliphatic carbocycles. The van der Waals surface area contributed by atoms with E-state index in [0.29, 0.717) is 13.2 Å². The number of methoxy groups -OCH3 is 1. The van der Waals surface area contributed by atoms with Crippen molar-refractivity contribution in [3.8, 4) is 0 Å². The van der Waals surface area contributed by atoms with E-state index in [1.165, 1.54) is 12.0 Å². The number of halogens is 3. The molecule has 96 valence electrons. The van der Waals surface area contributed by atoms with Crippen LogP contribution in [0.3, 0.4) is 0 Å². The van der Waals surface area contributed by atoms with Crippen LogP contribution in [0.25, 0.3) is 0 Å². The predicted molar refractivity (Wildman–Crippen MR) is 55.4 cm³/mol. The third-order valence-corrected chi connectivity index (χ3v) is 2.79. The molecule has 0 saturated carbocycles. The number of hydrogen-bond donors (Lipinski definition) is 1. The second-order valence-corrected chi connectivity index (χ2v) is 4.06. The van der Waals surface area contributed by atoms with Gasteiger partial charge in [0.05, 0.1) is 13.2 Å². The van der Waals surface area contributed by atoms with Gasteiger partial charge in [-0.2, -0.15) is 13.2 Å². The maximum atomic E-state index is 12.4. The zero-order chi connectivity index (χ0) is 12.0. The Bertz CT molecular complexity index is 193. The lowest BCUT2D eigenvalue weighted by molar-refractivity contribution is -0.153. The van der Waals surface area contributed by atoms with E-state index in [-0.39, 0.29) is 6.04 Å². The molecule has 0 radical (unpaired) electrons. The van der Waals surface area contributed by atoms with Gasteiger partial charge in [0.2, 0.25) is 0 Å². The number of ether oxygens (including phenoxy) is 1. The number of piperidine rings is 1. The summed E-state index contributed by atoms with van der Waals surface area (Å²) in [5.74, 6) is 0. The summed E-state index contributed by atoms with van der Waals surface area (Å²) >= 11 is 0. The minimum absolute atomic E-state index is 0.0259. The fourth-order valence-electron chi connectivity index (χ4n) is 2.00. The zero-order valence-corrected chi connectivity index (χ0v) is 9.52. The van der Waals surface area contributed by atoms with Gasteiger partial charge in [-0.05, 0) is 25.9 Å². The van der Waals surface area contributed by atoms with Gasteiger partial charge in [0.15, 0.2) is 0 Å². The highest BCUT2D eigenvalue weighted by Gasteiger charge is 2.33. The Hall–Kier alpha value is -0.330. The molecule has 0 aromatic heterocycles. The Morgan fingerprint density at radius 1 is 1.31 bits per heavy atom. The minimum Gasteiger partial charge on any atom is -0.383 e. The summed E-state index contributed by atoms with van der Waals surface area (Å²) in [7, 11) is 1.51. The third kappa shape index (κ3) is 5.14. The van der Waals surface area contributed by atoms with Gasteiger partial charge >= 0.3 is 6.18 Å². The van der Waals surface area contributed by atoms with Crippen LogP contribution < -0.4 is 5.32 Å². The van der Waals surface area contributed by atoms with Crippen molar-refractivity contribution in [1.29, 1.82) is 0 Å². The van der Waals surface area contributed by atoms with Crippen molar-refractivity contribution in [2.24, 2.45) is 0 Å². The Kier molecular flexibility index (Phi) is 5.51. The molecule has 1 heterocycles. The molecule has 1 saturated heterocycles. The van der Waals surface area contributed by atoms with E-state index in [9.17, 15) is 13.2 Å². The van der Waals surface area contributed by atoms with Crippen LogP contribution in [-0.4, -0.2) is 57.0 Å². The monoisotopic (exact) mass is 240 g/mol. The molecule has 0 spiro atoms. The minimum atomic E-state index is -4.13. The maximum absolute atomic E-state index is 12.4. The summed E-state index contributed by atoms with van der Waals surface area (Å²) in [6, 6.07) is 0.0259. The van der Waals surface area contributed by atoms with Gasteiger partial charge in [0.25, 0.3) is 0 Å². The normalized spacial score (nSPS) is 19.3. The summed E-state index contributed by atoms with van der Waals surface area (Å²) in [6.45, 7) is 1.46. The van der Waals surface area contributed by atoms with Crippen LogP contribution in [0.15, 0.2) is 0 Å². The van der Waals surface area contributed by atoms with E-state index in [2.05, 4.69) is 5.32 Å². The molecule has 1 N–H and O–H groups in total. The topological polar surface area (TPSA) is 24.5 Å². The number of alkyl halides is 3. The maximum Gasteiger partial charge on any atom is 0.401 e. The Balaban J connectivity index is 2.47. The molecule has 0 aromatic carbocycles. The highest BCUT2D eigenvalue weighted by Crippen LogP contribution is 2.20. The highest BCUT2D eigenvalue weighted by molar-refractivity contribution is 4.79. The van der Waals surface area contributed by atoms with Gasteiger partial charge in [-0.3, -0.25) is 4.90 Å². The molecule has 1 rings (SSSR count). The first kappa shape index (κ1) is 13.7. The van der Waals surface area contributed by atoms with Gasteiger partial charge in [-0.1, -0.05) is 0 Å². The van der Waals surface area contributed by atoms with Crippen LogP contribution in [0.2, 0.25) is 0 Å². The molecule has 0 atom stereocenters. The molecule has 0 unspecified atom stereocenters. The van der Waals surface area contributed by atoms with Crippen LogP contribution in [0.1, 0.15) is 12.8 Å². The molecule has 1 aliphatic heterocycles. The summed E-state index contributed by atoms with van der Waals surface area (Å²) < 4.78 is 42.0. The summed E-state index contributed by atoms with van der Waals surface area (Å²) in [5.41, 5.74) is 0. The van der Waals surface area contributed by atoms with Gasteiger partial charge in [-0.25, -0.2) is 0 Å². The molecule has 1 aliphatic rings. The van der Waals surface area contributed by atoms with E-state index >= 15 is 0 Å². The quantitative estimate of drug-likeness (QED) is 0.782. The third-order valence-electron chi connectivity index (χ3n) is 2.79. The average Bonchev–Trinajstić information content (AvgIpc) is 2.24. The SMILES string of the molecule is COCCN(CC(F)(F)F)C1CCNCC1. The number of hydrogen-bond acceptors (Lipinski definition) is 3. The molecule has 6 heteroatoms. The zero-order valence-electron chi connectivity index (χ0n) is 9.52. The molecular weight excluding hydrogens is 221 g/mol. The van der Waals surface area contributed by atoms with Crippen LogP contribution >= 0.6 is 0 Å². The van der Waals surface area contributed by atoms with E-state index in [4.69, 9.17) is 4.74 Å². The molecule has 0 bridgehead atoms. The van der Waals surface area contributed by atoms with E-state index in [1.807, 2.05) is 0 Å². The standard InChI is InChI=1S/C10H19F3N2O/c1-16-7-6-15(8-10(11,12)13)9-2-4-14-5-3-9/h9,14H,2-8H2,1H3. The van der Waals surface area contributed by atoms with Gasteiger partial charge in [0.1, 0.15) is 0 Å². The van der Waals surface area contributed by atoms with Crippen molar-refractivity contribution < 1.29 is 17.9 Å². The van der Waals surface area contributed by atoms with E-state index in [1.54, 1.807) is 0 Å². The van der Waals surface area contributed by atoms with Crippen molar-refractivity contribution in [3.63, 3.8) is 0 Å². The summed E-state index contributed by atoms with van der Waals surface area (Å²) in [4.78, 5) is 1.49. The Morgan fingerprint density at radius 2 is 1.94 bits per heavy atom. The largest absolute Gasteiger partial charge is 0.401 e. The molecule has 1 fully saturated rings. The highest BCUT2D eigenvalue weighted by atomic mass is 19.4. The number of rotatable bonds is 5. The first-order valence-electron chi connectivity index (χ1n) is 5.53. The fourth-order valence-corrected chi connectivity index (χ4v) is 2.00. The fraction of sp³-hybridized carbons (Fsp3) is 1.00. The van der Waals surface area contributed by atoms with Crippen molar-refractivity contribution in [2.75, 3.05) is 39.9 Å².